The maximum Gasteiger partial charge on any atom is 0.239 e. The van der Waals surface area contributed by atoms with E-state index in [1.54, 1.807) is 0 Å². The summed E-state index contributed by atoms with van der Waals surface area (Å²) in [5.41, 5.74) is 2.57. The van der Waals surface area contributed by atoms with E-state index in [2.05, 4.69) is 16.0 Å². The van der Waals surface area contributed by atoms with Crippen LogP contribution in [0.2, 0.25) is 0 Å². The fourth-order valence-electron chi connectivity index (χ4n) is 1.66. The minimum atomic E-state index is -0.0558. The number of anilines is 2. The molecular formula is C15H23N3O2. The van der Waals surface area contributed by atoms with Gasteiger partial charge in [-0.2, -0.15) is 0 Å². The first-order valence-corrected chi connectivity index (χ1v) is 6.86. The third-order valence-electron chi connectivity index (χ3n) is 2.74. The molecule has 110 valence electrons. The van der Waals surface area contributed by atoms with E-state index in [-0.39, 0.29) is 24.4 Å². The Morgan fingerprint density at radius 1 is 1.20 bits per heavy atom. The van der Waals surface area contributed by atoms with Gasteiger partial charge in [0.1, 0.15) is 0 Å². The second-order valence-corrected chi connectivity index (χ2v) is 5.01. The zero-order valence-corrected chi connectivity index (χ0v) is 12.5. The second kappa shape index (κ2) is 7.53. The van der Waals surface area contributed by atoms with Gasteiger partial charge in [-0.15, -0.1) is 0 Å². The van der Waals surface area contributed by atoms with Crippen LogP contribution < -0.4 is 16.0 Å². The largest absolute Gasteiger partial charge is 0.376 e. The number of rotatable bonds is 6. The van der Waals surface area contributed by atoms with E-state index in [9.17, 15) is 9.59 Å². The summed E-state index contributed by atoms with van der Waals surface area (Å²) in [6, 6.07) is 5.76. The lowest BCUT2D eigenvalue weighted by molar-refractivity contribution is -0.120. The van der Waals surface area contributed by atoms with Gasteiger partial charge in [0.25, 0.3) is 0 Å². The van der Waals surface area contributed by atoms with E-state index < -0.39 is 0 Å². The van der Waals surface area contributed by atoms with Crippen molar-refractivity contribution in [3.05, 3.63) is 23.8 Å². The zero-order valence-electron chi connectivity index (χ0n) is 12.5. The third kappa shape index (κ3) is 5.30. The Balaban J connectivity index is 2.65. The van der Waals surface area contributed by atoms with E-state index >= 15 is 0 Å². The predicted octanol–water partition coefficient (Wildman–Crippen LogP) is 2.28. The Kier molecular flexibility index (Phi) is 6.03. The van der Waals surface area contributed by atoms with Gasteiger partial charge in [0.2, 0.25) is 11.8 Å². The van der Waals surface area contributed by atoms with Crippen LogP contribution >= 0.6 is 0 Å². The van der Waals surface area contributed by atoms with Gasteiger partial charge in [-0.3, -0.25) is 9.59 Å². The lowest BCUT2D eigenvalue weighted by atomic mass is 10.1. The zero-order chi connectivity index (χ0) is 15.1. The van der Waals surface area contributed by atoms with E-state index in [1.165, 1.54) is 0 Å². The Morgan fingerprint density at radius 2 is 1.90 bits per heavy atom. The van der Waals surface area contributed by atoms with E-state index in [4.69, 9.17) is 0 Å². The Hall–Kier alpha value is -2.04. The predicted molar refractivity (Wildman–Crippen MR) is 81.9 cm³/mol. The van der Waals surface area contributed by atoms with Gasteiger partial charge in [-0.05, 0) is 38.5 Å². The lowest BCUT2D eigenvalue weighted by Crippen LogP contribution is -2.34. The van der Waals surface area contributed by atoms with Crippen molar-refractivity contribution in [1.29, 1.82) is 0 Å². The van der Waals surface area contributed by atoms with E-state index in [0.29, 0.717) is 6.42 Å². The monoisotopic (exact) mass is 277 g/mol. The summed E-state index contributed by atoms with van der Waals surface area (Å²) in [7, 11) is 0. The molecule has 0 saturated carbocycles. The first-order valence-electron chi connectivity index (χ1n) is 6.86. The highest BCUT2D eigenvalue weighted by molar-refractivity contribution is 5.92. The van der Waals surface area contributed by atoms with Crippen LogP contribution in [0.5, 0.6) is 0 Å². The molecule has 0 saturated heterocycles. The van der Waals surface area contributed by atoms with Crippen LogP contribution in [-0.4, -0.2) is 24.4 Å². The summed E-state index contributed by atoms with van der Waals surface area (Å²) in [5.74, 6) is -0.0810. The molecule has 2 amide bonds. The molecule has 0 heterocycles. The van der Waals surface area contributed by atoms with Crippen LogP contribution in [0.1, 0.15) is 32.8 Å². The Bertz CT molecular complexity index is 484. The maximum atomic E-state index is 11.6. The van der Waals surface area contributed by atoms with Crippen molar-refractivity contribution in [2.45, 2.75) is 40.2 Å². The van der Waals surface area contributed by atoms with Gasteiger partial charge in [-0.25, -0.2) is 0 Å². The van der Waals surface area contributed by atoms with Crippen molar-refractivity contribution in [3.63, 3.8) is 0 Å². The molecule has 0 aliphatic heterocycles. The van der Waals surface area contributed by atoms with Crippen LogP contribution in [0.3, 0.4) is 0 Å². The number of benzene rings is 1. The highest BCUT2D eigenvalue weighted by Crippen LogP contribution is 2.20. The molecular weight excluding hydrogens is 254 g/mol. The van der Waals surface area contributed by atoms with Crippen molar-refractivity contribution < 1.29 is 9.59 Å². The van der Waals surface area contributed by atoms with Crippen molar-refractivity contribution in [3.8, 4) is 0 Å². The van der Waals surface area contributed by atoms with Crippen molar-refractivity contribution >= 4 is 23.2 Å². The molecule has 1 aromatic rings. The molecule has 0 atom stereocenters. The average Bonchev–Trinajstić information content (AvgIpc) is 2.38. The molecule has 5 heteroatoms. The quantitative estimate of drug-likeness (QED) is 0.747. The minimum absolute atomic E-state index is 0.0252. The fraction of sp³-hybridized carbons (Fsp3) is 0.467. The molecule has 0 fully saturated rings. The Labute approximate surface area is 120 Å². The number of carbonyl (C=O) groups excluding carboxylic acids is 2. The average molecular weight is 277 g/mol. The molecule has 0 spiro atoms. The molecule has 20 heavy (non-hydrogen) atoms. The van der Waals surface area contributed by atoms with Gasteiger partial charge in [0.15, 0.2) is 0 Å². The van der Waals surface area contributed by atoms with Gasteiger partial charge in [-0.1, -0.05) is 13.0 Å². The number of amides is 2. The molecule has 0 aliphatic carbocycles. The van der Waals surface area contributed by atoms with Crippen LogP contribution in [0, 0.1) is 6.92 Å². The summed E-state index contributed by atoms with van der Waals surface area (Å²) in [6.45, 7) is 7.79. The third-order valence-corrected chi connectivity index (χ3v) is 2.74. The van der Waals surface area contributed by atoms with Gasteiger partial charge in [0.05, 0.1) is 6.54 Å². The number of hydrogen-bond donors (Lipinski definition) is 3. The summed E-state index contributed by atoms with van der Waals surface area (Å²) < 4.78 is 0. The summed E-state index contributed by atoms with van der Waals surface area (Å²) in [5, 5.41) is 8.70. The maximum absolute atomic E-state index is 11.6. The number of aryl methyl sites for hydroxylation is 1. The first-order chi connectivity index (χ1) is 9.42. The van der Waals surface area contributed by atoms with Gasteiger partial charge >= 0.3 is 0 Å². The van der Waals surface area contributed by atoms with Crippen LogP contribution in [0.15, 0.2) is 18.2 Å². The molecule has 3 N–H and O–H groups in total. The van der Waals surface area contributed by atoms with Crippen molar-refractivity contribution in [2.24, 2.45) is 0 Å². The smallest absolute Gasteiger partial charge is 0.239 e. The van der Waals surface area contributed by atoms with E-state index in [0.717, 1.165) is 16.9 Å². The molecule has 0 bridgehead atoms. The van der Waals surface area contributed by atoms with Gasteiger partial charge in [0, 0.05) is 23.8 Å². The minimum Gasteiger partial charge on any atom is -0.376 e. The molecule has 0 aromatic heterocycles. The second-order valence-electron chi connectivity index (χ2n) is 5.01. The molecule has 5 nitrogen and oxygen atoms in total. The first kappa shape index (κ1) is 16.0. The normalized spacial score (nSPS) is 10.2. The van der Waals surface area contributed by atoms with Crippen LogP contribution in [0.4, 0.5) is 11.4 Å². The Morgan fingerprint density at radius 3 is 2.50 bits per heavy atom. The number of hydrogen-bond acceptors (Lipinski definition) is 3. The summed E-state index contributed by atoms with van der Waals surface area (Å²) in [6.07, 6.45) is 0.438. The van der Waals surface area contributed by atoms with Crippen LogP contribution in [0.25, 0.3) is 0 Å². The summed E-state index contributed by atoms with van der Waals surface area (Å²) in [4.78, 5) is 23.0. The SMILES string of the molecule is CCC(=O)Nc1cc(NCC(=O)NC(C)C)ccc1C. The molecule has 0 unspecified atom stereocenters. The highest BCUT2D eigenvalue weighted by Gasteiger charge is 2.06. The number of nitrogens with one attached hydrogen (secondary N) is 3. The lowest BCUT2D eigenvalue weighted by Gasteiger charge is -2.13. The molecule has 1 aromatic carbocycles. The van der Waals surface area contributed by atoms with E-state index in [1.807, 2.05) is 45.9 Å². The standard InChI is InChI=1S/C15H23N3O2/c1-5-14(19)18-13-8-12(7-6-11(13)4)16-9-15(20)17-10(2)3/h6-8,10,16H,5,9H2,1-4H3,(H,17,20)(H,18,19). The molecule has 0 aliphatic rings. The molecule has 0 radical (unpaired) electrons. The topological polar surface area (TPSA) is 70.2 Å². The van der Waals surface area contributed by atoms with Gasteiger partial charge < -0.3 is 16.0 Å². The number of carbonyl (C=O) groups is 2. The highest BCUT2D eigenvalue weighted by atomic mass is 16.2. The molecule has 1 rings (SSSR count). The fourth-order valence-corrected chi connectivity index (χ4v) is 1.66. The van der Waals surface area contributed by atoms with Crippen LogP contribution in [-0.2, 0) is 9.59 Å². The van der Waals surface area contributed by atoms with Crippen molar-refractivity contribution in [1.82, 2.24) is 5.32 Å². The van der Waals surface area contributed by atoms with Crippen molar-refractivity contribution in [2.75, 3.05) is 17.2 Å². The summed E-state index contributed by atoms with van der Waals surface area (Å²) >= 11 is 0.